The number of hydrogen-bond acceptors (Lipinski definition) is 4. The van der Waals surface area contributed by atoms with E-state index in [9.17, 15) is 9.90 Å². The first kappa shape index (κ1) is 15.2. The summed E-state index contributed by atoms with van der Waals surface area (Å²) in [4.78, 5) is 12.4. The Kier molecular flexibility index (Phi) is 4.34. The second-order valence-corrected chi connectivity index (χ2v) is 5.69. The first-order valence-corrected chi connectivity index (χ1v) is 8.19. The van der Waals surface area contributed by atoms with Crippen LogP contribution in [-0.2, 0) is 0 Å². The van der Waals surface area contributed by atoms with Crippen molar-refractivity contribution in [1.29, 1.82) is 0 Å². The van der Waals surface area contributed by atoms with Crippen LogP contribution in [0, 0.1) is 0 Å². The zero-order valence-corrected chi connectivity index (χ0v) is 13.2. The molecule has 0 aliphatic heterocycles. The number of para-hydroxylation sites is 1. The minimum absolute atomic E-state index is 0.234. The molecule has 3 rings (SSSR count). The summed E-state index contributed by atoms with van der Waals surface area (Å²) in [6.07, 6.45) is 3.59. The molecule has 1 heterocycles. The Bertz CT molecular complexity index is 831. The molecule has 116 valence electrons. The molecule has 2 N–H and O–H groups in total. The minimum atomic E-state index is -0.964. The summed E-state index contributed by atoms with van der Waals surface area (Å²) in [7, 11) is 0. The molecule has 0 atom stereocenters. The van der Waals surface area contributed by atoms with Crippen molar-refractivity contribution in [3.05, 3.63) is 66.4 Å². The molecule has 0 bridgehead atoms. The minimum Gasteiger partial charge on any atom is -0.478 e. The zero-order valence-electron chi connectivity index (χ0n) is 12.4. The molecule has 0 saturated carbocycles. The van der Waals surface area contributed by atoms with Crippen molar-refractivity contribution in [3.63, 3.8) is 0 Å². The fourth-order valence-electron chi connectivity index (χ4n) is 2.25. The van der Waals surface area contributed by atoms with Crippen molar-refractivity contribution in [2.45, 2.75) is 4.90 Å². The third-order valence-corrected chi connectivity index (χ3v) is 4.09. The number of carboxylic acids is 1. The number of hydrogen-bond donors (Lipinski definition) is 2. The Balaban J connectivity index is 1.98. The third-order valence-electron chi connectivity index (χ3n) is 3.36. The van der Waals surface area contributed by atoms with Gasteiger partial charge in [0.2, 0.25) is 0 Å². The monoisotopic (exact) mass is 325 g/mol. The molecular weight excluding hydrogens is 310 g/mol. The third kappa shape index (κ3) is 3.22. The number of aromatic nitrogens is 2. The van der Waals surface area contributed by atoms with Gasteiger partial charge in [0, 0.05) is 11.0 Å². The normalized spacial score (nSPS) is 10.5. The number of carbonyl (C=O) groups is 1. The lowest BCUT2D eigenvalue weighted by Gasteiger charge is -2.12. The molecule has 0 amide bonds. The van der Waals surface area contributed by atoms with E-state index in [4.69, 9.17) is 0 Å². The van der Waals surface area contributed by atoms with Gasteiger partial charge < -0.3 is 10.4 Å². The number of rotatable bonds is 5. The topological polar surface area (TPSA) is 67.2 Å². The molecule has 0 radical (unpaired) electrons. The van der Waals surface area contributed by atoms with E-state index in [0.29, 0.717) is 11.5 Å². The van der Waals surface area contributed by atoms with E-state index in [-0.39, 0.29) is 5.56 Å². The van der Waals surface area contributed by atoms with Crippen LogP contribution in [0.3, 0.4) is 0 Å². The highest BCUT2D eigenvalue weighted by atomic mass is 32.2. The van der Waals surface area contributed by atoms with Crippen LogP contribution in [-0.4, -0.2) is 27.1 Å². The molecule has 5 nitrogen and oxygen atoms in total. The van der Waals surface area contributed by atoms with Gasteiger partial charge in [0.05, 0.1) is 23.1 Å². The van der Waals surface area contributed by atoms with E-state index in [1.54, 1.807) is 29.1 Å². The molecule has 0 aliphatic rings. The first-order valence-electron chi connectivity index (χ1n) is 6.97. The molecule has 1 aromatic heterocycles. The molecule has 0 saturated heterocycles. The molecule has 6 heteroatoms. The van der Waals surface area contributed by atoms with Crippen LogP contribution in [0.5, 0.6) is 0 Å². The Labute approximate surface area is 138 Å². The van der Waals surface area contributed by atoms with Crippen LogP contribution >= 0.6 is 11.8 Å². The predicted octanol–water partition coefficient (Wildman–Crippen LogP) is 4.04. The van der Waals surface area contributed by atoms with Gasteiger partial charge >= 0.3 is 5.97 Å². The van der Waals surface area contributed by atoms with E-state index in [2.05, 4.69) is 10.4 Å². The molecule has 2 aromatic carbocycles. The molecule has 23 heavy (non-hydrogen) atoms. The summed E-state index contributed by atoms with van der Waals surface area (Å²) < 4.78 is 1.73. The van der Waals surface area contributed by atoms with Crippen molar-refractivity contribution in [1.82, 2.24) is 9.78 Å². The fraction of sp³-hybridized carbons (Fsp3) is 0.0588. The lowest BCUT2D eigenvalue weighted by atomic mass is 10.2. The summed E-state index contributed by atoms with van der Waals surface area (Å²) in [5.41, 5.74) is 1.67. The predicted molar refractivity (Wildman–Crippen MR) is 92.0 cm³/mol. The lowest BCUT2D eigenvalue weighted by Crippen LogP contribution is -2.06. The number of aromatic carboxylic acids is 1. The number of benzene rings is 2. The van der Waals surface area contributed by atoms with E-state index in [1.165, 1.54) is 11.8 Å². The molecule has 0 aliphatic carbocycles. The van der Waals surface area contributed by atoms with Crippen LogP contribution in [0.15, 0.2) is 65.7 Å². The Morgan fingerprint density at radius 3 is 2.65 bits per heavy atom. The van der Waals surface area contributed by atoms with Crippen molar-refractivity contribution in [3.8, 4) is 5.69 Å². The van der Waals surface area contributed by atoms with E-state index >= 15 is 0 Å². The molecular formula is C17H15N3O2S. The van der Waals surface area contributed by atoms with Crippen LogP contribution in [0.25, 0.3) is 5.69 Å². The fourth-order valence-corrected chi connectivity index (χ4v) is 2.69. The molecule has 0 unspecified atom stereocenters. The van der Waals surface area contributed by atoms with Crippen molar-refractivity contribution in [2.75, 3.05) is 11.6 Å². The van der Waals surface area contributed by atoms with Crippen LogP contribution in [0.1, 0.15) is 10.4 Å². The highest BCUT2D eigenvalue weighted by Gasteiger charge is 2.13. The van der Waals surface area contributed by atoms with Gasteiger partial charge in [0.1, 0.15) is 5.82 Å². The Morgan fingerprint density at radius 1 is 1.17 bits per heavy atom. The number of nitrogens with one attached hydrogen (secondary N) is 1. The standard InChI is InChI=1S/C17H15N3O2S/c1-23-13-7-8-15(14(11-13)17(21)22)19-16-9-10-18-20(16)12-5-3-2-4-6-12/h2-11,19H,1H3,(H,21,22). The SMILES string of the molecule is CSc1ccc(Nc2ccnn2-c2ccccc2)c(C(=O)O)c1. The molecule has 0 fully saturated rings. The van der Waals surface area contributed by atoms with Gasteiger partial charge in [-0.2, -0.15) is 5.10 Å². The summed E-state index contributed by atoms with van der Waals surface area (Å²) in [5, 5.41) is 16.9. The van der Waals surface area contributed by atoms with E-state index < -0.39 is 5.97 Å². The number of anilines is 2. The van der Waals surface area contributed by atoms with Crippen LogP contribution in [0.4, 0.5) is 11.5 Å². The van der Waals surface area contributed by atoms with Crippen molar-refractivity contribution >= 4 is 29.2 Å². The van der Waals surface area contributed by atoms with Gasteiger partial charge in [0.25, 0.3) is 0 Å². The lowest BCUT2D eigenvalue weighted by molar-refractivity contribution is 0.0697. The highest BCUT2D eigenvalue weighted by Crippen LogP contribution is 2.27. The largest absolute Gasteiger partial charge is 0.478 e. The van der Waals surface area contributed by atoms with Gasteiger partial charge in [-0.15, -0.1) is 11.8 Å². The number of carboxylic acid groups (broad SMARTS) is 1. The maximum Gasteiger partial charge on any atom is 0.337 e. The molecule has 0 spiro atoms. The number of nitrogens with zero attached hydrogens (tertiary/aromatic N) is 2. The highest BCUT2D eigenvalue weighted by molar-refractivity contribution is 7.98. The smallest absolute Gasteiger partial charge is 0.337 e. The second-order valence-electron chi connectivity index (χ2n) is 4.81. The summed E-state index contributed by atoms with van der Waals surface area (Å²) >= 11 is 1.51. The Morgan fingerprint density at radius 2 is 1.96 bits per heavy atom. The van der Waals surface area contributed by atoms with E-state index in [1.807, 2.05) is 42.7 Å². The van der Waals surface area contributed by atoms with Gasteiger partial charge in [-0.05, 0) is 36.6 Å². The second kappa shape index (κ2) is 6.58. The van der Waals surface area contributed by atoms with Crippen LogP contribution < -0.4 is 5.32 Å². The summed E-state index contributed by atoms with van der Waals surface area (Å²) in [6.45, 7) is 0. The summed E-state index contributed by atoms with van der Waals surface area (Å²) in [5.74, 6) is -0.259. The first-order chi connectivity index (χ1) is 11.2. The Hall–Kier alpha value is -2.73. The van der Waals surface area contributed by atoms with E-state index in [0.717, 1.165) is 10.6 Å². The van der Waals surface area contributed by atoms with Gasteiger partial charge in [-0.1, -0.05) is 18.2 Å². The average Bonchev–Trinajstić information content (AvgIpc) is 3.04. The van der Waals surface area contributed by atoms with Gasteiger partial charge in [0.15, 0.2) is 0 Å². The average molecular weight is 325 g/mol. The number of thioether (sulfide) groups is 1. The van der Waals surface area contributed by atoms with Crippen molar-refractivity contribution < 1.29 is 9.90 Å². The quantitative estimate of drug-likeness (QED) is 0.693. The maximum atomic E-state index is 11.5. The maximum absolute atomic E-state index is 11.5. The summed E-state index contributed by atoms with van der Waals surface area (Å²) in [6, 6.07) is 16.8. The van der Waals surface area contributed by atoms with Crippen LogP contribution in [0.2, 0.25) is 0 Å². The van der Waals surface area contributed by atoms with Gasteiger partial charge in [-0.25, -0.2) is 9.48 Å². The van der Waals surface area contributed by atoms with Gasteiger partial charge in [-0.3, -0.25) is 0 Å². The zero-order chi connectivity index (χ0) is 16.2. The molecule has 3 aromatic rings. The van der Waals surface area contributed by atoms with Crippen molar-refractivity contribution in [2.24, 2.45) is 0 Å².